The van der Waals surface area contributed by atoms with Crippen LogP contribution < -0.4 is 9.47 Å². The van der Waals surface area contributed by atoms with Gasteiger partial charge in [-0.2, -0.15) is 0 Å². The van der Waals surface area contributed by atoms with Gasteiger partial charge in [0.05, 0.1) is 30.3 Å². The SMILES string of the molecule is Clc1ccccc1-c1nnc(CN2CCC[C@H]2c2ccc3c(c2)OCCCO3)o1. The molecule has 3 aromatic rings. The van der Waals surface area contributed by atoms with Crippen LogP contribution >= 0.6 is 11.6 Å². The van der Waals surface area contributed by atoms with E-state index in [1.54, 1.807) is 0 Å². The molecule has 1 saturated heterocycles. The van der Waals surface area contributed by atoms with Crippen molar-refractivity contribution in [2.75, 3.05) is 19.8 Å². The van der Waals surface area contributed by atoms with Crippen LogP contribution in [0, 0.1) is 0 Å². The number of benzene rings is 2. The van der Waals surface area contributed by atoms with Crippen LogP contribution in [0.3, 0.4) is 0 Å². The Labute approximate surface area is 174 Å². The van der Waals surface area contributed by atoms with Crippen LogP contribution in [0.2, 0.25) is 5.02 Å². The molecule has 0 unspecified atom stereocenters. The summed E-state index contributed by atoms with van der Waals surface area (Å²) in [5, 5.41) is 9.04. The lowest BCUT2D eigenvalue weighted by molar-refractivity contribution is 0.223. The fourth-order valence-corrected chi connectivity index (χ4v) is 4.23. The number of fused-ring (bicyclic) bond motifs is 1. The molecular formula is C22H22ClN3O3. The molecule has 0 amide bonds. The quantitative estimate of drug-likeness (QED) is 0.609. The Kier molecular flexibility index (Phi) is 5.12. The van der Waals surface area contributed by atoms with Crippen molar-refractivity contribution < 1.29 is 13.9 Å². The van der Waals surface area contributed by atoms with Gasteiger partial charge in [0.25, 0.3) is 0 Å². The van der Waals surface area contributed by atoms with Gasteiger partial charge >= 0.3 is 0 Å². The summed E-state index contributed by atoms with van der Waals surface area (Å²) in [4.78, 5) is 2.38. The smallest absolute Gasteiger partial charge is 0.249 e. The van der Waals surface area contributed by atoms with Gasteiger partial charge in [0.1, 0.15) is 0 Å². The highest BCUT2D eigenvalue weighted by atomic mass is 35.5. The summed E-state index contributed by atoms with van der Waals surface area (Å²) in [7, 11) is 0. The van der Waals surface area contributed by atoms with Gasteiger partial charge < -0.3 is 13.9 Å². The molecule has 0 spiro atoms. The van der Waals surface area contributed by atoms with Crippen molar-refractivity contribution in [3.63, 3.8) is 0 Å². The fraction of sp³-hybridized carbons (Fsp3) is 0.364. The molecule has 5 rings (SSSR count). The molecule has 2 aromatic carbocycles. The van der Waals surface area contributed by atoms with E-state index in [9.17, 15) is 0 Å². The molecule has 150 valence electrons. The number of rotatable bonds is 4. The van der Waals surface area contributed by atoms with E-state index in [1.165, 1.54) is 5.56 Å². The second-order valence-electron chi connectivity index (χ2n) is 7.37. The number of likely N-dealkylation sites (tertiary alicyclic amines) is 1. The maximum absolute atomic E-state index is 6.25. The monoisotopic (exact) mass is 411 g/mol. The first-order valence-corrected chi connectivity index (χ1v) is 10.4. The molecule has 1 atom stereocenters. The summed E-state index contributed by atoms with van der Waals surface area (Å²) in [5.74, 6) is 2.72. The van der Waals surface area contributed by atoms with E-state index in [-0.39, 0.29) is 0 Å². The summed E-state index contributed by atoms with van der Waals surface area (Å²) in [6, 6.07) is 14.1. The lowest BCUT2D eigenvalue weighted by Gasteiger charge is -2.24. The molecule has 0 saturated carbocycles. The van der Waals surface area contributed by atoms with E-state index in [1.807, 2.05) is 30.3 Å². The first-order valence-electron chi connectivity index (χ1n) is 9.99. The second-order valence-corrected chi connectivity index (χ2v) is 7.77. The van der Waals surface area contributed by atoms with E-state index >= 15 is 0 Å². The summed E-state index contributed by atoms with van der Waals surface area (Å²) in [5.41, 5.74) is 1.99. The molecule has 0 N–H and O–H groups in total. The van der Waals surface area contributed by atoms with Gasteiger partial charge in [-0.05, 0) is 49.2 Å². The average Bonchev–Trinajstić information content (AvgIpc) is 3.32. The van der Waals surface area contributed by atoms with Gasteiger partial charge in [-0.3, -0.25) is 4.90 Å². The highest BCUT2D eigenvalue weighted by Crippen LogP contribution is 2.38. The van der Waals surface area contributed by atoms with Crippen LogP contribution in [0.4, 0.5) is 0 Å². The number of nitrogens with zero attached hydrogens (tertiary/aromatic N) is 3. The van der Waals surface area contributed by atoms with Gasteiger partial charge in [-0.1, -0.05) is 29.8 Å². The van der Waals surface area contributed by atoms with Crippen molar-refractivity contribution in [2.45, 2.75) is 31.8 Å². The zero-order valence-corrected chi connectivity index (χ0v) is 16.8. The van der Waals surface area contributed by atoms with Crippen molar-refractivity contribution in [1.29, 1.82) is 0 Å². The molecule has 0 bridgehead atoms. The molecule has 1 fully saturated rings. The summed E-state index contributed by atoms with van der Waals surface area (Å²) < 4.78 is 17.5. The maximum atomic E-state index is 6.25. The Hall–Kier alpha value is -2.57. The predicted molar refractivity (Wildman–Crippen MR) is 109 cm³/mol. The highest BCUT2D eigenvalue weighted by Gasteiger charge is 2.28. The predicted octanol–water partition coefficient (Wildman–Crippen LogP) is 4.89. The molecular weight excluding hydrogens is 390 g/mol. The van der Waals surface area contributed by atoms with Crippen LogP contribution in [-0.2, 0) is 6.54 Å². The Balaban J connectivity index is 1.34. The van der Waals surface area contributed by atoms with Crippen molar-refractivity contribution in [3.8, 4) is 23.0 Å². The number of hydrogen-bond acceptors (Lipinski definition) is 6. The van der Waals surface area contributed by atoms with Gasteiger partial charge in [-0.25, -0.2) is 0 Å². The average molecular weight is 412 g/mol. The lowest BCUT2D eigenvalue weighted by Crippen LogP contribution is -2.23. The van der Waals surface area contributed by atoms with Crippen LogP contribution in [0.1, 0.15) is 36.8 Å². The Morgan fingerprint density at radius 2 is 1.86 bits per heavy atom. The van der Waals surface area contributed by atoms with Gasteiger partial charge in [0, 0.05) is 12.5 Å². The zero-order valence-electron chi connectivity index (χ0n) is 16.0. The zero-order chi connectivity index (χ0) is 19.6. The Morgan fingerprint density at radius 3 is 2.76 bits per heavy atom. The van der Waals surface area contributed by atoms with Crippen LogP contribution in [-0.4, -0.2) is 34.9 Å². The van der Waals surface area contributed by atoms with Crippen LogP contribution in [0.25, 0.3) is 11.5 Å². The number of aromatic nitrogens is 2. The van der Waals surface area contributed by atoms with Crippen LogP contribution in [0.5, 0.6) is 11.5 Å². The van der Waals surface area contributed by atoms with Crippen molar-refractivity contribution in [1.82, 2.24) is 15.1 Å². The Bertz CT molecular complexity index is 1010. The first-order chi connectivity index (χ1) is 14.3. The first kappa shape index (κ1) is 18.5. The fourth-order valence-electron chi connectivity index (χ4n) is 4.01. The lowest BCUT2D eigenvalue weighted by atomic mass is 10.0. The van der Waals surface area contributed by atoms with Gasteiger partial charge in [0.15, 0.2) is 11.5 Å². The third kappa shape index (κ3) is 3.82. The molecule has 2 aliphatic heterocycles. The molecule has 1 aromatic heterocycles. The molecule has 2 aliphatic rings. The normalized spacial score (nSPS) is 19.3. The van der Waals surface area contributed by atoms with E-state index in [2.05, 4.69) is 27.2 Å². The minimum absolute atomic E-state index is 0.294. The summed E-state index contributed by atoms with van der Waals surface area (Å²) in [6.07, 6.45) is 3.13. The van der Waals surface area contributed by atoms with Crippen molar-refractivity contribution in [2.24, 2.45) is 0 Å². The second kappa shape index (κ2) is 8.05. The summed E-state index contributed by atoms with van der Waals surface area (Å²) in [6.45, 7) is 2.99. The van der Waals surface area contributed by atoms with E-state index in [0.717, 1.165) is 42.9 Å². The number of hydrogen-bond donors (Lipinski definition) is 0. The summed E-state index contributed by atoms with van der Waals surface area (Å²) >= 11 is 6.25. The minimum atomic E-state index is 0.294. The minimum Gasteiger partial charge on any atom is -0.490 e. The number of ether oxygens (including phenoxy) is 2. The third-order valence-corrected chi connectivity index (χ3v) is 5.76. The van der Waals surface area contributed by atoms with E-state index in [0.29, 0.717) is 42.6 Å². The van der Waals surface area contributed by atoms with E-state index < -0.39 is 0 Å². The standard InChI is InChI=1S/C22H22ClN3O3/c23-17-6-2-1-5-16(17)22-25-24-21(29-22)14-26-10-3-7-18(26)15-8-9-19-20(13-15)28-12-4-11-27-19/h1-2,5-6,8-9,13,18H,3-4,7,10-12,14H2/t18-/m0/s1. The maximum Gasteiger partial charge on any atom is 0.249 e. The molecule has 3 heterocycles. The van der Waals surface area contributed by atoms with Crippen molar-refractivity contribution >= 4 is 11.6 Å². The third-order valence-electron chi connectivity index (χ3n) is 5.43. The molecule has 7 heteroatoms. The van der Waals surface area contributed by atoms with Gasteiger partial charge in [-0.15, -0.1) is 10.2 Å². The molecule has 29 heavy (non-hydrogen) atoms. The van der Waals surface area contributed by atoms with Crippen molar-refractivity contribution in [3.05, 3.63) is 58.9 Å². The molecule has 0 aliphatic carbocycles. The Morgan fingerprint density at radius 1 is 1.00 bits per heavy atom. The van der Waals surface area contributed by atoms with E-state index in [4.69, 9.17) is 25.5 Å². The highest BCUT2D eigenvalue weighted by molar-refractivity contribution is 6.33. The molecule has 6 nitrogen and oxygen atoms in total. The molecule has 0 radical (unpaired) electrons. The largest absolute Gasteiger partial charge is 0.490 e. The number of halogens is 1. The van der Waals surface area contributed by atoms with Crippen LogP contribution in [0.15, 0.2) is 46.9 Å². The van der Waals surface area contributed by atoms with Gasteiger partial charge in [0.2, 0.25) is 11.8 Å². The topological polar surface area (TPSA) is 60.6 Å².